The second kappa shape index (κ2) is 7.50. The Kier molecular flexibility index (Phi) is 5.67. The van der Waals surface area contributed by atoms with E-state index in [1.54, 1.807) is 6.07 Å². The highest BCUT2D eigenvalue weighted by Crippen LogP contribution is 2.31. The van der Waals surface area contributed by atoms with E-state index in [1.807, 2.05) is 14.0 Å². The number of anilines is 2. The van der Waals surface area contributed by atoms with Crippen LogP contribution in [0.4, 0.5) is 15.8 Å². The molecule has 1 aliphatic heterocycles. The van der Waals surface area contributed by atoms with Crippen LogP contribution in [0.3, 0.4) is 0 Å². The van der Waals surface area contributed by atoms with Crippen LogP contribution in [0.25, 0.3) is 0 Å². The average Bonchev–Trinajstić information content (AvgIpc) is 2.47. The van der Waals surface area contributed by atoms with E-state index in [2.05, 4.69) is 4.90 Å². The van der Waals surface area contributed by atoms with Gasteiger partial charge in [-0.2, -0.15) is 0 Å². The number of benzene rings is 1. The van der Waals surface area contributed by atoms with Gasteiger partial charge in [0.05, 0.1) is 18.0 Å². The fourth-order valence-electron chi connectivity index (χ4n) is 2.63. The highest BCUT2D eigenvalue weighted by molar-refractivity contribution is 5.69. The maximum Gasteiger partial charge on any atom is 0.167 e. The number of nitrogens with two attached hydrogens (primary N) is 1. The van der Waals surface area contributed by atoms with Gasteiger partial charge in [-0.05, 0) is 25.2 Å². The predicted octanol–water partition coefficient (Wildman–Crippen LogP) is 3.06. The van der Waals surface area contributed by atoms with Gasteiger partial charge in [-0.3, -0.25) is 0 Å². The van der Waals surface area contributed by atoms with Gasteiger partial charge in [-0.25, -0.2) is 4.39 Å². The van der Waals surface area contributed by atoms with Crippen LogP contribution in [0, 0.1) is 11.7 Å². The largest absolute Gasteiger partial charge is 0.490 e. The topological polar surface area (TPSA) is 47.7 Å². The summed E-state index contributed by atoms with van der Waals surface area (Å²) in [4.78, 5) is 2.09. The molecular weight excluding hydrogens is 271 g/mol. The summed E-state index contributed by atoms with van der Waals surface area (Å²) in [5, 5.41) is 0. The lowest BCUT2D eigenvalue weighted by Crippen LogP contribution is -2.30. The summed E-state index contributed by atoms with van der Waals surface area (Å²) in [6.07, 6.45) is 2.96. The molecule has 0 bridgehead atoms. The molecule has 0 aliphatic carbocycles. The first-order valence-corrected chi connectivity index (χ1v) is 7.62. The van der Waals surface area contributed by atoms with Crippen molar-refractivity contribution in [3.63, 3.8) is 0 Å². The molecular formula is C16H25FN2O2. The molecule has 21 heavy (non-hydrogen) atoms. The Balaban J connectivity index is 2.09. The first-order valence-electron chi connectivity index (χ1n) is 7.62. The molecule has 0 unspecified atom stereocenters. The lowest BCUT2D eigenvalue weighted by atomic mass is 9.99. The Hall–Kier alpha value is -1.49. The van der Waals surface area contributed by atoms with Crippen molar-refractivity contribution in [1.29, 1.82) is 0 Å². The highest BCUT2D eigenvalue weighted by atomic mass is 19.1. The number of halogens is 1. The van der Waals surface area contributed by atoms with Gasteiger partial charge in [0, 0.05) is 38.9 Å². The summed E-state index contributed by atoms with van der Waals surface area (Å²) in [5.74, 6) is 0.470. The molecule has 0 spiro atoms. The van der Waals surface area contributed by atoms with Crippen LogP contribution < -0.4 is 15.4 Å². The summed E-state index contributed by atoms with van der Waals surface area (Å²) in [7, 11) is 1.99. The van der Waals surface area contributed by atoms with Crippen molar-refractivity contribution in [3.8, 4) is 5.75 Å². The SMILES string of the molecule is CCCOc1cc(N(C)CC2CCOCC2)c(N)cc1F. The molecule has 4 nitrogen and oxygen atoms in total. The monoisotopic (exact) mass is 296 g/mol. The van der Waals surface area contributed by atoms with Crippen molar-refractivity contribution < 1.29 is 13.9 Å². The van der Waals surface area contributed by atoms with Crippen molar-refractivity contribution >= 4 is 11.4 Å². The van der Waals surface area contributed by atoms with E-state index in [-0.39, 0.29) is 5.75 Å². The summed E-state index contributed by atoms with van der Waals surface area (Å²) < 4.78 is 24.7. The molecule has 0 atom stereocenters. The highest BCUT2D eigenvalue weighted by Gasteiger charge is 2.18. The van der Waals surface area contributed by atoms with Gasteiger partial charge in [-0.1, -0.05) is 6.92 Å². The van der Waals surface area contributed by atoms with Crippen LogP contribution in [-0.4, -0.2) is 33.4 Å². The molecule has 118 valence electrons. The Labute approximate surface area is 126 Å². The van der Waals surface area contributed by atoms with Gasteiger partial charge in [0.25, 0.3) is 0 Å². The summed E-state index contributed by atoms with van der Waals surface area (Å²) in [5.41, 5.74) is 7.24. The number of nitrogen functional groups attached to an aromatic ring is 1. The zero-order valence-electron chi connectivity index (χ0n) is 12.9. The van der Waals surface area contributed by atoms with Crippen LogP contribution in [0.15, 0.2) is 12.1 Å². The Morgan fingerprint density at radius 1 is 1.38 bits per heavy atom. The van der Waals surface area contributed by atoms with E-state index in [0.717, 1.165) is 44.7 Å². The Bertz CT molecular complexity index is 462. The van der Waals surface area contributed by atoms with E-state index in [0.29, 0.717) is 18.2 Å². The average molecular weight is 296 g/mol. The van der Waals surface area contributed by atoms with E-state index >= 15 is 0 Å². The molecule has 0 saturated carbocycles. The van der Waals surface area contributed by atoms with Gasteiger partial charge in [0.15, 0.2) is 11.6 Å². The number of nitrogens with zero attached hydrogens (tertiary/aromatic N) is 1. The van der Waals surface area contributed by atoms with E-state index < -0.39 is 5.82 Å². The molecule has 1 saturated heterocycles. The Morgan fingerprint density at radius 3 is 2.76 bits per heavy atom. The molecule has 2 rings (SSSR count). The number of hydrogen-bond acceptors (Lipinski definition) is 4. The minimum Gasteiger partial charge on any atom is -0.490 e. The quantitative estimate of drug-likeness (QED) is 0.820. The van der Waals surface area contributed by atoms with Crippen LogP contribution >= 0.6 is 0 Å². The third-order valence-electron chi connectivity index (χ3n) is 3.83. The smallest absolute Gasteiger partial charge is 0.167 e. The molecule has 0 amide bonds. The molecule has 5 heteroatoms. The predicted molar refractivity (Wildman–Crippen MR) is 83.4 cm³/mol. The lowest BCUT2D eigenvalue weighted by molar-refractivity contribution is 0.0685. The second-order valence-corrected chi connectivity index (χ2v) is 5.63. The second-order valence-electron chi connectivity index (χ2n) is 5.63. The van der Waals surface area contributed by atoms with Gasteiger partial charge >= 0.3 is 0 Å². The van der Waals surface area contributed by atoms with Crippen molar-refractivity contribution in [2.24, 2.45) is 5.92 Å². The third kappa shape index (κ3) is 4.24. The van der Waals surface area contributed by atoms with Crippen molar-refractivity contribution in [3.05, 3.63) is 17.9 Å². The first-order chi connectivity index (χ1) is 10.1. The minimum atomic E-state index is -0.399. The molecule has 2 N–H and O–H groups in total. The first kappa shape index (κ1) is 15.9. The number of ether oxygens (including phenoxy) is 2. The third-order valence-corrected chi connectivity index (χ3v) is 3.83. The van der Waals surface area contributed by atoms with Crippen LogP contribution in [0.2, 0.25) is 0 Å². The summed E-state index contributed by atoms with van der Waals surface area (Å²) in [6, 6.07) is 3.06. The Morgan fingerprint density at radius 2 is 2.10 bits per heavy atom. The normalized spacial score (nSPS) is 16.0. The number of rotatable bonds is 6. The van der Waals surface area contributed by atoms with Gasteiger partial charge in [0.2, 0.25) is 0 Å². The van der Waals surface area contributed by atoms with E-state index in [9.17, 15) is 4.39 Å². The van der Waals surface area contributed by atoms with Gasteiger partial charge < -0.3 is 20.1 Å². The molecule has 1 aliphatic rings. The molecule has 0 radical (unpaired) electrons. The van der Waals surface area contributed by atoms with Gasteiger partial charge in [-0.15, -0.1) is 0 Å². The fourth-order valence-corrected chi connectivity index (χ4v) is 2.63. The maximum atomic E-state index is 13.8. The molecule has 1 fully saturated rings. The van der Waals surface area contributed by atoms with Crippen LogP contribution in [0.5, 0.6) is 5.75 Å². The fraction of sp³-hybridized carbons (Fsp3) is 0.625. The lowest BCUT2D eigenvalue weighted by Gasteiger charge is -2.29. The van der Waals surface area contributed by atoms with Gasteiger partial charge in [0.1, 0.15) is 0 Å². The van der Waals surface area contributed by atoms with E-state index in [4.69, 9.17) is 15.2 Å². The molecule has 0 aromatic heterocycles. The maximum absolute atomic E-state index is 13.8. The summed E-state index contributed by atoms with van der Waals surface area (Å²) >= 11 is 0. The van der Waals surface area contributed by atoms with E-state index in [1.165, 1.54) is 6.07 Å². The van der Waals surface area contributed by atoms with Crippen molar-refractivity contribution in [2.45, 2.75) is 26.2 Å². The molecule has 1 aromatic carbocycles. The van der Waals surface area contributed by atoms with Crippen LogP contribution in [-0.2, 0) is 4.74 Å². The molecule has 1 heterocycles. The summed E-state index contributed by atoms with van der Waals surface area (Å²) in [6.45, 7) is 5.04. The zero-order valence-corrected chi connectivity index (χ0v) is 12.9. The van der Waals surface area contributed by atoms with Crippen molar-refractivity contribution in [1.82, 2.24) is 0 Å². The van der Waals surface area contributed by atoms with Crippen LogP contribution in [0.1, 0.15) is 26.2 Å². The number of hydrogen-bond donors (Lipinski definition) is 1. The minimum absolute atomic E-state index is 0.278. The van der Waals surface area contributed by atoms with Crippen molar-refractivity contribution in [2.75, 3.05) is 44.0 Å². The standard InChI is InChI=1S/C16H25FN2O2/c1-3-6-21-16-10-15(14(18)9-13(16)17)19(2)11-12-4-7-20-8-5-12/h9-10,12H,3-8,11,18H2,1-2H3. The zero-order chi connectivity index (χ0) is 15.2. The molecule has 1 aromatic rings.